The maximum Gasteiger partial charge on any atom is 0.371 e. The van der Waals surface area contributed by atoms with Gasteiger partial charge in [0.1, 0.15) is 11.8 Å². The van der Waals surface area contributed by atoms with E-state index in [2.05, 4.69) is 10.4 Å². The summed E-state index contributed by atoms with van der Waals surface area (Å²) in [7, 11) is 0. The Morgan fingerprint density at radius 2 is 2.32 bits per heavy atom. The Labute approximate surface area is 108 Å². The van der Waals surface area contributed by atoms with Crippen LogP contribution in [-0.4, -0.2) is 26.8 Å². The Hall–Kier alpha value is -2.57. The molecule has 19 heavy (non-hydrogen) atoms. The Balaban J connectivity index is 1.91. The molecule has 7 nitrogen and oxygen atoms in total. The highest BCUT2D eigenvalue weighted by molar-refractivity contribution is 5.84. The summed E-state index contributed by atoms with van der Waals surface area (Å²) in [6.45, 7) is 1.85. The summed E-state index contributed by atoms with van der Waals surface area (Å²) in [5, 5.41) is 15.3. The van der Waals surface area contributed by atoms with Crippen molar-refractivity contribution >= 4 is 11.9 Å². The minimum absolute atomic E-state index is 0.137. The number of nitrogens with one attached hydrogen (secondary N) is 1. The second kappa shape index (κ2) is 5.38. The molecular weight excluding hydrogens is 250 g/mol. The lowest BCUT2D eigenvalue weighted by Crippen LogP contribution is -2.30. The summed E-state index contributed by atoms with van der Waals surface area (Å²) in [6, 6.07) is 4.15. The van der Waals surface area contributed by atoms with Gasteiger partial charge in [-0.15, -0.1) is 0 Å². The van der Waals surface area contributed by atoms with Gasteiger partial charge in [0.25, 0.3) is 0 Å². The molecule has 1 unspecified atom stereocenters. The number of nitrogens with zero attached hydrogens (tertiary/aromatic N) is 2. The van der Waals surface area contributed by atoms with E-state index in [1.54, 1.807) is 25.4 Å². The highest BCUT2D eigenvalue weighted by atomic mass is 16.4. The second-order valence-corrected chi connectivity index (χ2v) is 3.95. The molecule has 0 aliphatic rings. The summed E-state index contributed by atoms with van der Waals surface area (Å²) in [6.07, 6.45) is 3.29. The molecule has 2 N–H and O–H groups in total. The van der Waals surface area contributed by atoms with Crippen LogP contribution in [0.1, 0.15) is 29.3 Å². The van der Waals surface area contributed by atoms with Gasteiger partial charge in [-0.3, -0.25) is 9.48 Å². The number of carboxylic acid groups (broad SMARTS) is 1. The van der Waals surface area contributed by atoms with Crippen molar-refractivity contribution in [2.24, 2.45) is 0 Å². The first kappa shape index (κ1) is 12.9. The standard InChI is InChI=1S/C12H13N3O4/c1-8(15-6-2-5-14-15)11(16)13-7-9-3-4-10(19-9)12(17)18/h2-6,8H,7H2,1H3,(H,13,16)(H,17,18). The van der Waals surface area contributed by atoms with Gasteiger partial charge in [0.15, 0.2) is 0 Å². The molecule has 0 bridgehead atoms. The Morgan fingerprint density at radius 3 is 2.89 bits per heavy atom. The predicted molar refractivity (Wildman–Crippen MR) is 64.5 cm³/mol. The van der Waals surface area contributed by atoms with E-state index < -0.39 is 12.0 Å². The van der Waals surface area contributed by atoms with E-state index in [1.807, 2.05) is 0 Å². The van der Waals surface area contributed by atoms with E-state index in [1.165, 1.54) is 16.8 Å². The van der Waals surface area contributed by atoms with Gasteiger partial charge in [0, 0.05) is 12.4 Å². The van der Waals surface area contributed by atoms with Gasteiger partial charge in [0.2, 0.25) is 11.7 Å². The quantitative estimate of drug-likeness (QED) is 0.840. The zero-order valence-electron chi connectivity index (χ0n) is 10.2. The van der Waals surface area contributed by atoms with Crippen LogP contribution in [-0.2, 0) is 11.3 Å². The van der Waals surface area contributed by atoms with Gasteiger partial charge in [-0.1, -0.05) is 0 Å². The first-order chi connectivity index (χ1) is 9.08. The number of furan rings is 1. The molecule has 0 saturated heterocycles. The highest BCUT2D eigenvalue weighted by Gasteiger charge is 2.15. The van der Waals surface area contributed by atoms with Crippen LogP contribution >= 0.6 is 0 Å². The van der Waals surface area contributed by atoms with Crippen molar-refractivity contribution in [2.45, 2.75) is 19.5 Å². The average Bonchev–Trinajstić information content (AvgIpc) is 3.05. The number of hydrogen-bond acceptors (Lipinski definition) is 4. The summed E-state index contributed by atoms with van der Waals surface area (Å²) >= 11 is 0. The number of carbonyl (C=O) groups is 2. The SMILES string of the molecule is CC(C(=O)NCc1ccc(C(=O)O)o1)n1cccn1. The number of carboxylic acids is 1. The molecule has 0 spiro atoms. The molecule has 2 heterocycles. The van der Waals surface area contributed by atoms with Gasteiger partial charge in [-0.05, 0) is 25.1 Å². The van der Waals surface area contributed by atoms with Crippen molar-refractivity contribution in [3.8, 4) is 0 Å². The van der Waals surface area contributed by atoms with Gasteiger partial charge >= 0.3 is 5.97 Å². The van der Waals surface area contributed by atoms with E-state index >= 15 is 0 Å². The van der Waals surface area contributed by atoms with Crippen LogP contribution in [0.25, 0.3) is 0 Å². The molecule has 1 atom stereocenters. The lowest BCUT2D eigenvalue weighted by atomic mass is 10.3. The molecule has 7 heteroatoms. The number of amides is 1. The molecule has 0 radical (unpaired) electrons. The van der Waals surface area contributed by atoms with Crippen molar-refractivity contribution in [2.75, 3.05) is 0 Å². The topological polar surface area (TPSA) is 97.4 Å². The Morgan fingerprint density at radius 1 is 1.53 bits per heavy atom. The van der Waals surface area contributed by atoms with Gasteiger partial charge in [-0.2, -0.15) is 5.10 Å². The fraction of sp³-hybridized carbons (Fsp3) is 0.250. The Bertz CT molecular complexity index is 574. The van der Waals surface area contributed by atoms with E-state index in [4.69, 9.17) is 9.52 Å². The van der Waals surface area contributed by atoms with Crippen molar-refractivity contribution in [1.82, 2.24) is 15.1 Å². The minimum atomic E-state index is -1.14. The molecule has 1 amide bonds. The summed E-state index contributed by atoms with van der Waals surface area (Å²) in [5.41, 5.74) is 0. The molecule has 2 rings (SSSR count). The van der Waals surface area contributed by atoms with E-state index in [0.29, 0.717) is 5.76 Å². The average molecular weight is 263 g/mol. The highest BCUT2D eigenvalue weighted by Crippen LogP contribution is 2.08. The molecular formula is C12H13N3O4. The van der Waals surface area contributed by atoms with Crippen molar-refractivity contribution < 1.29 is 19.1 Å². The third-order valence-electron chi connectivity index (χ3n) is 2.61. The molecule has 0 aliphatic carbocycles. The van der Waals surface area contributed by atoms with Crippen LogP contribution in [0.3, 0.4) is 0 Å². The lowest BCUT2D eigenvalue weighted by molar-refractivity contribution is -0.124. The van der Waals surface area contributed by atoms with E-state index in [-0.39, 0.29) is 18.2 Å². The maximum absolute atomic E-state index is 11.8. The molecule has 100 valence electrons. The molecule has 0 fully saturated rings. The number of aromatic carboxylic acids is 1. The first-order valence-corrected chi connectivity index (χ1v) is 5.67. The zero-order valence-corrected chi connectivity index (χ0v) is 10.2. The van der Waals surface area contributed by atoms with Crippen molar-refractivity contribution in [3.05, 3.63) is 42.1 Å². The smallest absolute Gasteiger partial charge is 0.371 e. The largest absolute Gasteiger partial charge is 0.475 e. The van der Waals surface area contributed by atoms with Gasteiger partial charge < -0.3 is 14.8 Å². The third kappa shape index (κ3) is 3.01. The van der Waals surface area contributed by atoms with Crippen LogP contribution in [0.4, 0.5) is 0 Å². The van der Waals surface area contributed by atoms with Crippen LogP contribution in [0, 0.1) is 0 Å². The summed E-state index contributed by atoms with van der Waals surface area (Å²) < 4.78 is 6.56. The fourth-order valence-electron chi connectivity index (χ4n) is 1.54. The zero-order chi connectivity index (χ0) is 13.8. The maximum atomic E-state index is 11.8. The molecule has 0 aliphatic heterocycles. The number of rotatable bonds is 5. The van der Waals surface area contributed by atoms with Crippen molar-refractivity contribution in [1.29, 1.82) is 0 Å². The second-order valence-electron chi connectivity index (χ2n) is 3.95. The number of hydrogen-bond donors (Lipinski definition) is 2. The Kier molecular flexibility index (Phi) is 3.65. The fourth-order valence-corrected chi connectivity index (χ4v) is 1.54. The van der Waals surface area contributed by atoms with E-state index in [9.17, 15) is 9.59 Å². The van der Waals surface area contributed by atoms with Crippen LogP contribution < -0.4 is 5.32 Å². The summed E-state index contributed by atoms with van der Waals surface area (Å²) in [4.78, 5) is 22.4. The number of aromatic nitrogens is 2. The van der Waals surface area contributed by atoms with Gasteiger partial charge in [-0.25, -0.2) is 4.79 Å². The van der Waals surface area contributed by atoms with Crippen LogP contribution in [0.15, 0.2) is 35.0 Å². The summed E-state index contributed by atoms with van der Waals surface area (Å²) in [5.74, 6) is -1.12. The normalized spacial score (nSPS) is 12.1. The molecule has 0 saturated carbocycles. The monoisotopic (exact) mass is 263 g/mol. The van der Waals surface area contributed by atoms with Gasteiger partial charge in [0.05, 0.1) is 6.54 Å². The molecule has 0 aromatic carbocycles. The molecule has 2 aromatic heterocycles. The van der Waals surface area contributed by atoms with E-state index in [0.717, 1.165) is 0 Å². The lowest BCUT2D eigenvalue weighted by Gasteiger charge is -2.11. The molecule has 2 aromatic rings. The van der Waals surface area contributed by atoms with Crippen LogP contribution in [0.2, 0.25) is 0 Å². The predicted octanol–water partition coefficient (Wildman–Crippen LogP) is 1.05. The minimum Gasteiger partial charge on any atom is -0.475 e. The number of carbonyl (C=O) groups excluding carboxylic acids is 1. The van der Waals surface area contributed by atoms with Crippen molar-refractivity contribution in [3.63, 3.8) is 0 Å². The first-order valence-electron chi connectivity index (χ1n) is 5.67. The van der Waals surface area contributed by atoms with Crippen LogP contribution in [0.5, 0.6) is 0 Å². The third-order valence-corrected chi connectivity index (χ3v) is 2.61.